The summed E-state index contributed by atoms with van der Waals surface area (Å²) < 4.78 is 5.40. The standard InChI is InChI=1S/C16H12O4/c17-15(12-3-1-2-4-13(12)16(18)19)11-5-6-14-10(9-11)7-8-20-14/h1-6,9H,7-8H2,(H,18,19). The van der Waals surface area contributed by atoms with E-state index in [4.69, 9.17) is 9.84 Å². The van der Waals surface area contributed by atoms with E-state index in [1.54, 1.807) is 30.3 Å². The number of carboxylic acid groups (broad SMARTS) is 1. The zero-order chi connectivity index (χ0) is 14.1. The van der Waals surface area contributed by atoms with Gasteiger partial charge in [0.05, 0.1) is 12.2 Å². The highest BCUT2D eigenvalue weighted by Crippen LogP contribution is 2.27. The van der Waals surface area contributed by atoms with E-state index >= 15 is 0 Å². The Kier molecular flexibility index (Phi) is 2.99. The van der Waals surface area contributed by atoms with Crippen LogP contribution in [0.15, 0.2) is 42.5 Å². The Morgan fingerprint density at radius 2 is 1.80 bits per heavy atom. The highest BCUT2D eigenvalue weighted by molar-refractivity contribution is 6.14. The normalized spacial score (nSPS) is 12.6. The molecule has 0 saturated heterocycles. The predicted molar refractivity (Wildman–Crippen MR) is 72.5 cm³/mol. The minimum absolute atomic E-state index is 0.0225. The van der Waals surface area contributed by atoms with Crippen molar-refractivity contribution in [1.82, 2.24) is 0 Å². The van der Waals surface area contributed by atoms with Crippen molar-refractivity contribution in [2.45, 2.75) is 6.42 Å². The summed E-state index contributed by atoms with van der Waals surface area (Å²) >= 11 is 0. The summed E-state index contributed by atoms with van der Waals surface area (Å²) in [5.74, 6) is -0.579. The third-order valence-corrected chi connectivity index (χ3v) is 3.35. The van der Waals surface area contributed by atoms with Gasteiger partial charge in [0, 0.05) is 17.5 Å². The molecule has 0 atom stereocenters. The van der Waals surface area contributed by atoms with Crippen molar-refractivity contribution in [1.29, 1.82) is 0 Å². The van der Waals surface area contributed by atoms with Crippen LogP contribution in [0, 0.1) is 0 Å². The third kappa shape index (κ3) is 2.05. The number of hydrogen-bond acceptors (Lipinski definition) is 3. The number of carboxylic acids is 1. The van der Waals surface area contributed by atoms with Crippen LogP contribution < -0.4 is 4.74 Å². The van der Waals surface area contributed by atoms with Gasteiger partial charge in [0.15, 0.2) is 5.78 Å². The molecule has 2 aromatic carbocycles. The number of rotatable bonds is 3. The quantitative estimate of drug-likeness (QED) is 0.869. The fraction of sp³-hybridized carbons (Fsp3) is 0.125. The summed E-state index contributed by atoms with van der Waals surface area (Å²) in [5, 5.41) is 9.14. The molecule has 4 nitrogen and oxygen atoms in total. The largest absolute Gasteiger partial charge is 0.493 e. The molecule has 100 valence electrons. The average Bonchev–Trinajstić information content (AvgIpc) is 2.93. The first-order valence-electron chi connectivity index (χ1n) is 6.29. The van der Waals surface area contributed by atoms with Crippen LogP contribution in [0.2, 0.25) is 0 Å². The molecule has 0 unspecified atom stereocenters. The molecule has 3 rings (SSSR count). The molecule has 0 fully saturated rings. The first-order chi connectivity index (χ1) is 9.66. The average molecular weight is 268 g/mol. The van der Waals surface area contributed by atoms with Gasteiger partial charge in [0.25, 0.3) is 0 Å². The zero-order valence-electron chi connectivity index (χ0n) is 10.6. The molecule has 20 heavy (non-hydrogen) atoms. The van der Waals surface area contributed by atoms with Gasteiger partial charge < -0.3 is 9.84 Å². The number of carbonyl (C=O) groups excluding carboxylic acids is 1. The smallest absolute Gasteiger partial charge is 0.336 e. The Hall–Kier alpha value is -2.62. The van der Waals surface area contributed by atoms with Crippen LogP contribution >= 0.6 is 0 Å². The molecule has 0 aromatic heterocycles. The SMILES string of the molecule is O=C(O)c1ccccc1C(=O)c1ccc2c(c1)CCO2. The fourth-order valence-corrected chi connectivity index (χ4v) is 2.35. The van der Waals surface area contributed by atoms with E-state index in [0.29, 0.717) is 12.2 Å². The number of fused-ring (bicyclic) bond motifs is 1. The Balaban J connectivity index is 2.03. The fourth-order valence-electron chi connectivity index (χ4n) is 2.35. The van der Waals surface area contributed by atoms with E-state index in [2.05, 4.69) is 0 Å². The van der Waals surface area contributed by atoms with Gasteiger partial charge in [-0.3, -0.25) is 4.79 Å². The number of hydrogen-bond donors (Lipinski definition) is 1. The molecule has 1 heterocycles. The highest BCUT2D eigenvalue weighted by Gasteiger charge is 2.19. The topological polar surface area (TPSA) is 63.6 Å². The van der Waals surface area contributed by atoms with E-state index in [-0.39, 0.29) is 16.9 Å². The molecule has 4 heteroatoms. The lowest BCUT2D eigenvalue weighted by Gasteiger charge is -2.06. The molecule has 2 aromatic rings. The second-order valence-corrected chi connectivity index (χ2v) is 4.60. The lowest BCUT2D eigenvalue weighted by Crippen LogP contribution is -2.09. The van der Waals surface area contributed by atoms with E-state index in [0.717, 1.165) is 17.7 Å². The summed E-state index contributed by atoms with van der Waals surface area (Å²) in [6.07, 6.45) is 0.775. The monoisotopic (exact) mass is 268 g/mol. The summed E-state index contributed by atoms with van der Waals surface area (Å²) in [6.45, 7) is 0.624. The van der Waals surface area contributed by atoms with Crippen molar-refractivity contribution >= 4 is 11.8 Å². The zero-order valence-corrected chi connectivity index (χ0v) is 10.6. The molecule has 0 spiro atoms. The van der Waals surface area contributed by atoms with Crippen molar-refractivity contribution in [3.63, 3.8) is 0 Å². The lowest BCUT2D eigenvalue weighted by atomic mass is 9.97. The van der Waals surface area contributed by atoms with Crippen molar-refractivity contribution < 1.29 is 19.4 Å². The molecule has 0 bridgehead atoms. The van der Waals surface area contributed by atoms with Gasteiger partial charge in [-0.05, 0) is 29.8 Å². The number of benzene rings is 2. The summed E-state index contributed by atoms with van der Waals surface area (Å²) in [4.78, 5) is 23.6. The van der Waals surface area contributed by atoms with Gasteiger partial charge in [-0.2, -0.15) is 0 Å². The van der Waals surface area contributed by atoms with Gasteiger partial charge in [0.2, 0.25) is 0 Å². The van der Waals surface area contributed by atoms with Gasteiger partial charge in [-0.1, -0.05) is 18.2 Å². The van der Waals surface area contributed by atoms with Crippen molar-refractivity contribution in [2.75, 3.05) is 6.61 Å². The predicted octanol–water partition coefficient (Wildman–Crippen LogP) is 2.55. The van der Waals surface area contributed by atoms with Crippen molar-refractivity contribution in [2.24, 2.45) is 0 Å². The lowest BCUT2D eigenvalue weighted by molar-refractivity contribution is 0.0693. The summed E-state index contributed by atoms with van der Waals surface area (Å²) in [7, 11) is 0. The summed E-state index contributed by atoms with van der Waals surface area (Å²) in [5.41, 5.74) is 1.71. The molecule has 1 aliphatic rings. The van der Waals surface area contributed by atoms with Crippen LogP contribution in [-0.4, -0.2) is 23.5 Å². The minimum atomic E-state index is -1.10. The van der Waals surface area contributed by atoms with Crippen LogP contribution in [0.25, 0.3) is 0 Å². The molecule has 0 aliphatic carbocycles. The molecule has 0 radical (unpaired) electrons. The second-order valence-electron chi connectivity index (χ2n) is 4.60. The molecular formula is C16H12O4. The maximum absolute atomic E-state index is 12.5. The molecule has 0 saturated carbocycles. The van der Waals surface area contributed by atoms with Crippen molar-refractivity contribution in [3.8, 4) is 5.75 Å². The van der Waals surface area contributed by atoms with E-state index < -0.39 is 5.97 Å². The number of aromatic carboxylic acids is 1. The Labute approximate surface area is 115 Å². The number of carbonyl (C=O) groups is 2. The van der Waals surface area contributed by atoms with Crippen molar-refractivity contribution in [3.05, 3.63) is 64.7 Å². The second kappa shape index (κ2) is 4.81. The van der Waals surface area contributed by atoms with Gasteiger partial charge in [-0.25, -0.2) is 4.79 Å². The van der Waals surface area contributed by atoms with Crippen LogP contribution in [0.3, 0.4) is 0 Å². The maximum atomic E-state index is 12.5. The van der Waals surface area contributed by atoms with E-state index in [9.17, 15) is 9.59 Å². The van der Waals surface area contributed by atoms with E-state index in [1.165, 1.54) is 12.1 Å². The van der Waals surface area contributed by atoms with Gasteiger partial charge in [0.1, 0.15) is 5.75 Å². The molecule has 1 aliphatic heterocycles. The number of ether oxygens (including phenoxy) is 1. The molecule has 0 amide bonds. The number of ketones is 1. The maximum Gasteiger partial charge on any atom is 0.336 e. The highest BCUT2D eigenvalue weighted by atomic mass is 16.5. The Morgan fingerprint density at radius 3 is 2.55 bits per heavy atom. The third-order valence-electron chi connectivity index (χ3n) is 3.35. The first-order valence-corrected chi connectivity index (χ1v) is 6.29. The molecular weight excluding hydrogens is 256 g/mol. The Bertz CT molecular complexity index is 703. The molecule has 1 N–H and O–H groups in total. The van der Waals surface area contributed by atoms with Gasteiger partial charge in [-0.15, -0.1) is 0 Å². The van der Waals surface area contributed by atoms with Crippen LogP contribution in [0.1, 0.15) is 31.8 Å². The first kappa shape index (κ1) is 12.4. The van der Waals surface area contributed by atoms with Crippen LogP contribution in [-0.2, 0) is 6.42 Å². The van der Waals surface area contributed by atoms with Gasteiger partial charge >= 0.3 is 5.97 Å². The van der Waals surface area contributed by atoms with Crippen LogP contribution in [0.5, 0.6) is 5.75 Å². The summed E-state index contributed by atoms with van der Waals surface area (Å²) in [6, 6.07) is 11.5. The minimum Gasteiger partial charge on any atom is -0.493 e. The van der Waals surface area contributed by atoms with E-state index in [1.807, 2.05) is 0 Å². The Morgan fingerprint density at radius 1 is 1.05 bits per heavy atom. The van der Waals surface area contributed by atoms with Crippen LogP contribution in [0.4, 0.5) is 0 Å².